The smallest absolute Gasteiger partial charge is 0.251 e. The summed E-state index contributed by atoms with van der Waals surface area (Å²) in [5, 5.41) is 6.31. The fourth-order valence-electron chi connectivity index (χ4n) is 2.69. The van der Waals surface area contributed by atoms with Crippen molar-refractivity contribution in [3.05, 3.63) is 52.6 Å². The molecule has 1 fully saturated rings. The fraction of sp³-hybridized carbons (Fsp3) is 0.294. The molecular weight excluding hydrogens is 342 g/mol. The van der Waals surface area contributed by atoms with Crippen LogP contribution in [0, 0.1) is 0 Å². The SMILES string of the molecule is O=C(NC1CCCC1)c1ccnc(Nc2cccc(Br)c2)c1. The van der Waals surface area contributed by atoms with Crippen molar-refractivity contribution in [3.63, 3.8) is 0 Å². The van der Waals surface area contributed by atoms with Gasteiger partial charge in [0.05, 0.1) is 0 Å². The maximum absolute atomic E-state index is 12.3. The van der Waals surface area contributed by atoms with Crippen LogP contribution >= 0.6 is 15.9 Å². The monoisotopic (exact) mass is 359 g/mol. The largest absolute Gasteiger partial charge is 0.349 e. The number of carbonyl (C=O) groups is 1. The van der Waals surface area contributed by atoms with Crippen molar-refractivity contribution >= 4 is 33.3 Å². The van der Waals surface area contributed by atoms with Crippen molar-refractivity contribution in [2.45, 2.75) is 31.7 Å². The first-order valence-electron chi connectivity index (χ1n) is 7.50. The molecule has 5 heteroatoms. The number of nitrogens with one attached hydrogen (secondary N) is 2. The van der Waals surface area contributed by atoms with Crippen LogP contribution in [-0.2, 0) is 0 Å². The second-order valence-electron chi connectivity index (χ2n) is 5.52. The molecule has 0 saturated heterocycles. The van der Waals surface area contributed by atoms with Crippen LogP contribution in [-0.4, -0.2) is 16.9 Å². The summed E-state index contributed by atoms with van der Waals surface area (Å²) in [5.74, 6) is 0.642. The van der Waals surface area contributed by atoms with Gasteiger partial charge in [-0.1, -0.05) is 34.8 Å². The molecule has 4 nitrogen and oxygen atoms in total. The molecule has 0 spiro atoms. The van der Waals surface area contributed by atoms with Gasteiger partial charge in [-0.3, -0.25) is 4.79 Å². The molecule has 1 aromatic carbocycles. The zero-order valence-corrected chi connectivity index (χ0v) is 13.8. The lowest BCUT2D eigenvalue weighted by Gasteiger charge is -2.12. The third-order valence-electron chi connectivity index (χ3n) is 3.81. The number of anilines is 2. The van der Waals surface area contributed by atoms with E-state index >= 15 is 0 Å². The first kappa shape index (κ1) is 15.0. The number of halogens is 1. The Balaban J connectivity index is 1.70. The summed E-state index contributed by atoms with van der Waals surface area (Å²) in [6, 6.07) is 11.7. The minimum atomic E-state index is -0.0217. The van der Waals surface area contributed by atoms with Crippen molar-refractivity contribution in [1.29, 1.82) is 0 Å². The Kier molecular flexibility index (Phi) is 4.73. The van der Waals surface area contributed by atoms with E-state index in [2.05, 4.69) is 31.5 Å². The number of pyridine rings is 1. The highest BCUT2D eigenvalue weighted by Crippen LogP contribution is 2.21. The van der Waals surface area contributed by atoms with Gasteiger partial charge in [-0.05, 0) is 43.2 Å². The van der Waals surface area contributed by atoms with Crippen molar-refractivity contribution in [3.8, 4) is 0 Å². The van der Waals surface area contributed by atoms with Crippen LogP contribution in [0.2, 0.25) is 0 Å². The van der Waals surface area contributed by atoms with Gasteiger partial charge in [-0.25, -0.2) is 4.98 Å². The average Bonchev–Trinajstić information content (AvgIpc) is 3.00. The van der Waals surface area contributed by atoms with Gasteiger partial charge in [0.25, 0.3) is 5.91 Å². The number of amides is 1. The summed E-state index contributed by atoms with van der Waals surface area (Å²) in [5.41, 5.74) is 1.56. The number of hydrogen-bond acceptors (Lipinski definition) is 3. The highest BCUT2D eigenvalue weighted by Gasteiger charge is 2.18. The second-order valence-corrected chi connectivity index (χ2v) is 6.44. The molecule has 1 aliphatic rings. The maximum Gasteiger partial charge on any atom is 0.251 e. The molecule has 0 atom stereocenters. The number of rotatable bonds is 4. The Hall–Kier alpha value is -1.88. The molecule has 1 saturated carbocycles. The standard InChI is InChI=1S/C17H18BrN3O/c18-13-4-3-7-15(11-13)20-16-10-12(8-9-19-16)17(22)21-14-5-1-2-6-14/h3-4,7-11,14H,1-2,5-6H2,(H,19,20)(H,21,22). The molecule has 1 amide bonds. The Morgan fingerprint density at radius 1 is 1.18 bits per heavy atom. The molecule has 0 unspecified atom stereocenters. The van der Waals surface area contributed by atoms with Crippen LogP contribution in [0.15, 0.2) is 47.1 Å². The molecule has 1 heterocycles. The lowest BCUT2D eigenvalue weighted by Crippen LogP contribution is -2.32. The van der Waals surface area contributed by atoms with E-state index < -0.39 is 0 Å². The van der Waals surface area contributed by atoms with Crippen molar-refractivity contribution in [2.24, 2.45) is 0 Å². The molecule has 1 aromatic heterocycles. The quantitative estimate of drug-likeness (QED) is 0.857. The van der Waals surface area contributed by atoms with Crippen molar-refractivity contribution < 1.29 is 4.79 Å². The summed E-state index contributed by atoms with van der Waals surface area (Å²) < 4.78 is 0.993. The lowest BCUT2D eigenvalue weighted by atomic mass is 10.2. The number of aromatic nitrogens is 1. The molecule has 2 N–H and O–H groups in total. The molecular formula is C17H18BrN3O. The molecule has 3 rings (SSSR count). The fourth-order valence-corrected chi connectivity index (χ4v) is 3.09. The van der Waals surface area contributed by atoms with Gasteiger partial charge < -0.3 is 10.6 Å². The molecule has 0 bridgehead atoms. The minimum absolute atomic E-state index is 0.0217. The van der Waals surface area contributed by atoms with Crippen LogP contribution in [0.1, 0.15) is 36.0 Å². The zero-order chi connectivity index (χ0) is 15.4. The number of carbonyl (C=O) groups excluding carboxylic acids is 1. The summed E-state index contributed by atoms with van der Waals surface area (Å²) in [4.78, 5) is 16.6. The predicted octanol–water partition coefficient (Wildman–Crippen LogP) is 4.26. The van der Waals surface area contributed by atoms with E-state index in [1.54, 1.807) is 18.3 Å². The molecule has 22 heavy (non-hydrogen) atoms. The van der Waals surface area contributed by atoms with Crippen molar-refractivity contribution in [2.75, 3.05) is 5.32 Å². The Morgan fingerprint density at radius 2 is 2.00 bits per heavy atom. The van der Waals surface area contributed by atoms with Gasteiger partial charge >= 0.3 is 0 Å². The van der Waals surface area contributed by atoms with Crippen LogP contribution in [0.4, 0.5) is 11.5 Å². The molecule has 2 aromatic rings. The predicted molar refractivity (Wildman–Crippen MR) is 91.4 cm³/mol. The van der Waals surface area contributed by atoms with E-state index in [0.29, 0.717) is 17.4 Å². The van der Waals surface area contributed by atoms with Crippen LogP contribution in [0.5, 0.6) is 0 Å². The first-order chi connectivity index (χ1) is 10.7. The van der Waals surface area contributed by atoms with Crippen LogP contribution < -0.4 is 10.6 Å². The highest BCUT2D eigenvalue weighted by molar-refractivity contribution is 9.10. The van der Waals surface area contributed by atoms with Crippen molar-refractivity contribution in [1.82, 2.24) is 10.3 Å². The second kappa shape index (κ2) is 6.92. The topological polar surface area (TPSA) is 54.0 Å². The van der Waals surface area contributed by atoms with E-state index in [4.69, 9.17) is 0 Å². The van der Waals surface area contributed by atoms with E-state index in [1.807, 2.05) is 24.3 Å². The van der Waals surface area contributed by atoms with Crippen LogP contribution in [0.3, 0.4) is 0 Å². The zero-order valence-electron chi connectivity index (χ0n) is 12.2. The maximum atomic E-state index is 12.3. The average molecular weight is 360 g/mol. The molecule has 0 radical (unpaired) electrons. The van der Waals surface area contributed by atoms with Gasteiger partial charge in [0.15, 0.2) is 0 Å². The number of hydrogen-bond donors (Lipinski definition) is 2. The molecule has 0 aliphatic heterocycles. The minimum Gasteiger partial charge on any atom is -0.349 e. The van der Waals surface area contributed by atoms with Gasteiger partial charge in [0.1, 0.15) is 5.82 Å². The van der Waals surface area contributed by atoms with Gasteiger partial charge in [-0.15, -0.1) is 0 Å². The third-order valence-corrected chi connectivity index (χ3v) is 4.30. The van der Waals surface area contributed by atoms with Gasteiger partial charge in [-0.2, -0.15) is 0 Å². The van der Waals surface area contributed by atoms with E-state index in [9.17, 15) is 4.79 Å². The lowest BCUT2D eigenvalue weighted by molar-refractivity contribution is 0.0938. The summed E-state index contributed by atoms with van der Waals surface area (Å²) in [6.07, 6.45) is 6.23. The summed E-state index contributed by atoms with van der Waals surface area (Å²) >= 11 is 3.44. The highest BCUT2D eigenvalue weighted by atomic mass is 79.9. The normalized spacial score (nSPS) is 14.8. The Bertz CT molecular complexity index is 668. The molecule has 114 valence electrons. The Labute approximate surface area is 138 Å². The van der Waals surface area contributed by atoms with E-state index in [1.165, 1.54) is 12.8 Å². The Morgan fingerprint density at radius 3 is 2.77 bits per heavy atom. The summed E-state index contributed by atoms with van der Waals surface area (Å²) in [6.45, 7) is 0. The number of benzene rings is 1. The first-order valence-corrected chi connectivity index (χ1v) is 8.29. The van der Waals surface area contributed by atoms with Crippen LogP contribution in [0.25, 0.3) is 0 Å². The summed E-state index contributed by atoms with van der Waals surface area (Å²) in [7, 11) is 0. The van der Waals surface area contributed by atoms with E-state index in [0.717, 1.165) is 23.0 Å². The van der Waals surface area contributed by atoms with E-state index in [-0.39, 0.29) is 5.91 Å². The molecule has 1 aliphatic carbocycles. The van der Waals surface area contributed by atoms with Gasteiger partial charge in [0, 0.05) is 28.0 Å². The van der Waals surface area contributed by atoms with Gasteiger partial charge in [0.2, 0.25) is 0 Å². The number of nitrogens with zero attached hydrogens (tertiary/aromatic N) is 1. The third kappa shape index (κ3) is 3.85.